The highest BCUT2D eigenvalue weighted by atomic mass is 15.2. The van der Waals surface area contributed by atoms with E-state index < -0.39 is 0 Å². The summed E-state index contributed by atoms with van der Waals surface area (Å²) in [7, 11) is 2.28. The molecule has 1 nitrogen and oxygen atoms in total. The molecule has 3 unspecified atom stereocenters. The van der Waals surface area contributed by atoms with Gasteiger partial charge in [-0.2, -0.15) is 0 Å². The van der Waals surface area contributed by atoms with Crippen molar-refractivity contribution in [2.45, 2.75) is 32.2 Å². The minimum Gasteiger partial charge on any atom is -0.303 e. The van der Waals surface area contributed by atoms with E-state index in [-0.39, 0.29) is 0 Å². The van der Waals surface area contributed by atoms with Gasteiger partial charge < -0.3 is 4.90 Å². The molecule has 1 saturated heterocycles. The summed E-state index contributed by atoms with van der Waals surface area (Å²) in [5.74, 6) is 2.10. The molecule has 0 bridgehead atoms. The standard InChI is InChI=1S/C9H17N/c1-7-6-8(7)9-4-3-5-10(9)2/h7-9H,3-6H2,1-2H3. The lowest BCUT2D eigenvalue weighted by molar-refractivity contribution is 0.276. The van der Waals surface area contributed by atoms with Gasteiger partial charge in [-0.05, 0) is 44.7 Å². The second-order valence-electron chi connectivity index (χ2n) is 4.07. The summed E-state index contributed by atoms with van der Waals surface area (Å²) in [4.78, 5) is 2.55. The first kappa shape index (κ1) is 6.66. The largest absolute Gasteiger partial charge is 0.303 e. The van der Waals surface area contributed by atoms with Crippen molar-refractivity contribution >= 4 is 0 Å². The average Bonchev–Trinajstić information content (AvgIpc) is 2.42. The van der Waals surface area contributed by atoms with E-state index >= 15 is 0 Å². The molecular formula is C9H17N. The van der Waals surface area contributed by atoms with E-state index in [1.165, 1.54) is 25.8 Å². The van der Waals surface area contributed by atoms with Crippen LogP contribution in [0.25, 0.3) is 0 Å². The summed E-state index contributed by atoms with van der Waals surface area (Å²) in [6, 6.07) is 0.954. The van der Waals surface area contributed by atoms with Gasteiger partial charge in [0.05, 0.1) is 0 Å². The van der Waals surface area contributed by atoms with Gasteiger partial charge in [0.1, 0.15) is 0 Å². The lowest BCUT2D eigenvalue weighted by Gasteiger charge is -2.18. The Balaban J connectivity index is 1.92. The molecular weight excluding hydrogens is 122 g/mol. The normalized spacial score (nSPS) is 48.0. The molecule has 3 atom stereocenters. The highest BCUT2D eigenvalue weighted by Crippen LogP contribution is 2.45. The van der Waals surface area contributed by atoms with Crippen LogP contribution in [-0.4, -0.2) is 24.5 Å². The van der Waals surface area contributed by atoms with Crippen molar-refractivity contribution < 1.29 is 0 Å². The van der Waals surface area contributed by atoms with Gasteiger partial charge in [-0.3, -0.25) is 0 Å². The minimum atomic E-state index is 0.954. The molecule has 0 radical (unpaired) electrons. The molecule has 2 aliphatic rings. The van der Waals surface area contributed by atoms with Crippen LogP contribution in [0.4, 0.5) is 0 Å². The molecule has 0 aromatic rings. The van der Waals surface area contributed by atoms with E-state index in [4.69, 9.17) is 0 Å². The molecule has 0 spiro atoms. The van der Waals surface area contributed by atoms with Gasteiger partial charge in [-0.15, -0.1) is 0 Å². The molecule has 0 aromatic heterocycles. The smallest absolute Gasteiger partial charge is 0.0124 e. The fourth-order valence-corrected chi connectivity index (χ4v) is 2.36. The van der Waals surface area contributed by atoms with E-state index in [2.05, 4.69) is 18.9 Å². The van der Waals surface area contributed by atoms with Crippen molar-refractivity contribution in [3.05, 3.63) is 0 Å². The Morgan fingerprint density at radius 3 is 2.50 bits per heavy atom. The zero-order valence-electron chi connectivity index (χ0n) is 7.01. The molecule has 1 aliphatic heterocycles. The maximum atomic E-state index is 2.55. The Kier molecular flexibility index (Phi) is 1.48. The first-order valence-electron chi connectivity index (χ1n) is 4.49. The number of likely N-dealkylation sites (tertiary alicyclic amines) is 1. The van der Waals surface area contributed by atoms with Gasteiger partial charge in [0.2, 0.25) is 0 Å². The second kappa shape index (κ2) is 2.23. The Labute approximate surface area is 63.4 Å². The van der Waals surface area contributed by atoms with Crippen molar-refractivity contribution in [1.29, 1.82) is 0 Å². The second-order valence-corrected chi connectivity index (χ2v) is 4.07. The number of hydrogen-bond acceptors (Lipinski definition) is 1. The van der Waals surface area contributed by atoms with E-state index in [1.807, 2.05) is 0 Å². The number of hydrogen-bond donors (Lipinski definition) is 0. The fraction of sp³-hybridized carbons (Fsp3) is 1.00. The molecule has 2 fully saturated rings. The minimum absolute atomic E-state index is 0.954. The van der Waals surface area contributed by atoms with Gasteiger partial charge in [0, 0.05) is 6.04 Å². The van der Waals surface area contributed by atoms with E-state index in [1.54, 1.807) is 0 Å². The quantitative estimate of drug-likeness (QED) is 0.535. The molecule has 1 heterocycles. The summed E-state index contributed by atoms with van der Waals surface area (Å²) in [5, 5.41) is 0. The Morgan fingerprint density at radius 1 is 1.40 bits per heavy atom. The lowest BCUT2D eigenvalue weighted by atomic mass is 10.1. The van der Waals surface area contributed by atoms with Crippen LogP contribution in [0, 0.1) is 11.8 Å². The third-order valence-electron chi connectivity index (χ3n) is 3.24. The van der Waals surface area contributed by atoms with Crippen LogP contribution in [0.5, 0.6) is 0 Å². The lowest BCUT2D eigenvalue weighted by Crippen LogP contribution is -2.27. The fourth-order valence-electron chi connectivity index (χ4n) is 2.36. The summed E-state index contributed by atoms with van der Waals surface area (Å²) >= 11 is 0. The predicted octanol–water partition coefficient (Wildman–Crippen LogP) is 1.74. The molecule has 10 heavy (non-hydrogen) atoms. The van der Waals surface area contributed by atoms with Gasteiger partial charge in [0.25, 0.3) is 0 Å². The molecule has 0 N–H and O–H groups in total. The molecule has 58 valence electrons. The van der Waals surface area contributed by atoms with Crippen molar-refractivity contribution in [3.63, 3.8) is 0 Å². The van der Waals surface area contributed by atoms with E-state index in [9.17, 15) is 0 Å². The zero-order valence-corrected chi connectivity index (χ0v) is 7.01. The van der Waals surface area contributed by atoms with Crippen molar-refractivity contribution in [2.24, 2.45) is 11.8 Å². The van der Waals surface area contributed by atoms with Gasteiger partial charge in [0.15, 0.2) is 0 Å². The maximum Gasteiger partial charge on any atom is 0.0124 e. The third-order valence-corrected chi connectivity index (χ3v) is 3.24. The third kappa shape index (κ3) is 0.968. The molecule has 2 rings (SSSR count). The maximum absolute atomic E-state index is 2.55. The Bertz CT molecular complexity index is 133. The molecule has 0 aromatic carbocycles. The van der Waals surface area contributed by atoms with Crippen LogP contribution >= 0.6 is 0 Å². The zero-order chi connectivity index (χ0) is 7.14. The summed E-state index contributed by atoms with van der Waals surface area (Å²) < 4.78 is 0. The first-order chi connectivity index (χ1) is 4.79. The molecule has 1 saturated carbocycles. The van der Waals surface area contributed by atoms with Crippen LogP contribution < -0.4 is 0 Å². The van der Waals surface area contributed by atoms with Crippen LogP contribution in [0.2, 0.25) is 0 Å². The number of rotatable bonds is 1. The van der Waals surface area contributed by atoms with Gasteiger partial charge >= 0.3 is 0 Å². The topological polar surface area (TPSA) is 3.24 Å². The SMILES string of the molecule is CC1CC1C1CCCN1C. The van der Waals surface area contributed by atoms with E-state index in [0.717, 1.165) is 17.9 Å². The number of nitrogens with zero attached hydrogens (tertiary/aromatic N) is 1. The van der Waals surface area contributed by atoms with Crippen molar-refractivity contribution in [2.75, 3.05) is 13.6 Å². The van der Waals surface area contributed by atoms with Crippen molar-refractivity contribution in [3.8, 4) is 0 Å². The van der Waals surface area contributed by atoms with Gasteiger partial charge in [-0.1, -0.05) is 6.92 Å². The summed E-state index contributed by atoms with van der Waals surface area (Å²) in [6.07, 6.45) is 4.39. The first-order valence-corrected chi connectivity index (χ1v) is 4.49. The summed E-state index contributed by atoms with van der Waals surface area (Å²) in [6.45, 7) is 3.73. The van der Waals surface area contributed by atoms with Gasteiger partial charge in [-0.25, -0.2) is 0 Å². The molecule has 1 aliphatic carbocycles. The summed E-state index contributed by atoms with van der Waals surface area (Å²) in [5.41, 5.74) is 0. The Morgan fingerprint density at radius 2 is 2.10 bits per heavy atom. The highest BCUT2D eigenvalue weighted by molar-refractivity contribution is 4.95. The molecule has 0 amide bonds. The van der Waals surface area contributed by atoms with Crippen LogP contribution in [0.1, 0.15) is 26.2 Å². The average molecular weight is 139 g/mol. The Hall–Kier alpha value is -0.0400. The van der Waals surface area contributed by atoms with Crippen LogP contribution in [0.3, 0.4) is 0 Å². The van der Waals surface area contributed by atoms with Crippen molar-refractivity contribution in [1.82, 2.24) is 4.90 Å². The van der Waals surface area contributed by atoms with Crippen LogP contribution in [-0.2, 0) is 0 Å². The highest BCUT2D eigenvalue weighted by Gasteiger charge is 2.42. The molecule has 1 heteroatoms. The predicted molar refractivity (Wildman–Crippen MR) is 42.9 cm³/mol. The monoisotopic (exact) mass is 139 g/mol. The van der Waals surface area contributed by atoms with E-state index in [0.29, 0.717) is 0 Å². The van der Waals surface area contributed by atoms with Crippen LogP contribution in [0.15, 0.2) is 0 Å².